The summed E-state index contributed by atoms with van der Waals surface area (Å²) in [5, 5.41) is 6.07. The summed E-state index contributed by atoms with van der Waals surface area (Å²) in [6.07, 6.45) is 4.92. The lowest BCUT2D eigenvalue weighted by molar-refractivity contribution is -0.137. The minimum atomic E-state index is -0.380. The Morgan fingerprint density at radius 2 is 1.83 bits per heavy atom. The zero-order chi connectivity index (χ0) is 20.9. The molecular weight excluding hydrogens is 378 g/mol. The van der Waals surface area contributed by atoms with Gasteiger partial charge in [0.2, 0.25) is 5.91 Å². The van der Waals surface area contributed by atoms with Crippen molar-refractivity contribution in [3.05, 3.63) is 84.1 Å². The summed E-state index contributed by atoms with van der Waals surface area (Å²) in [6, 6.07) is 19.3. The molecule has 0 saturated heterocycles. The zero-order valence-electron chi connectivity index (χ0n) is 16.6. The largest absolute Gasteiger partial charge is 0.464 e. The second-order valence-electron chi connectivity index (χ2n) is 6.85. The second-order valence-corrected chi connectivity index (χ2v) is 6.85. The minimum absolute atomic E-state index is 0.125. The number of anilines is 1. The molecule has 4 aromatic rings. The van der Waals surface area contributed by atoms with Crippen LogP contribution in [0.3, 0.4) is 0 Å². The highest BCUT2D eigenvalue weighted by Crippen LogP contribution is 2.30. The molecule has 0 bridgehead atoms. The lowest BCUT2D eigenvalue weighted by Crippen LogP contribution is -2.14. The van der Waals surface area contributed by atoms with E-state index in [1.807, 2.05) is 48.5 Å². The fourth-order valence-electron chi connectivity index (χ4n) is 3.41. The van der Waals surface area contributed by atoms with Crippen LogP contribution in [-0.2, 0) is 20.7 Å². The van der Waals surface area contributed by atoms with Gasteiger partial charge in [-0.1, -0.05) is 42.5 Å². The van der Waals surface area contributed by atoms with Gasteiger partial charge in [0.25, 0.3) is 0 Å². The molecule has 5 heteroatoms. The Hall–Kier alpha value is -3.86. The van der Waals surface area contributed by atoms with Crippen LogP contribution in [0, 0.1) is 0 Å². The first kappa shape index (κ1) is 19.5. The molecule has 4 rings (SSSR count). The molecule has 0 aliphatic rings. The molecule has 5 nitrogen and oxygen atoms in total. The van der Waals surface area contributed by atoms with Gasteiger partial charge in [0, 0.05) is 22.7 Å². The summed E-state index contributed by atoms with van der Waals surface area (Å²) in [5.41, 5.74) is 3.15. The lowest BCUT2D eigenvalue weighted by atomic mass is 10.0. The van der Waals surface area contributed by atoms with E-state index in [9.17, 15) is 9.59 Å². The highest BCUT2D eigenvalue weighted by Gasteiger charge is 2.13. The molecule has 0 radical (unpaired) electrons. The molecule has 0 atom stereocenters. The van der Waals surface area contributed by atoms with Crippen molar-refractivity contribution in [2.24, 2.45) is 0 Å². The molecule has 0 saturated carbocycles. The number of esters is 1. The summed E-state index contributed by atoms with van der Waals surface area (Å²) in [7, 11) is 0. The van der Waals surface area contributed by atoms with E-state index in [2.05, 4.69) is 5.32 Å². The molecule has 150 valence electrons. The molecule has 0 unspecified atom stereocenters. The van der Waals surface area contributed by atoms with Gasteiger partial charge in [-0.3, -0.25) is 4.79 Å². The summed E-state index contributed by atoms with van der Waals surface area (Å²) in [6.45, 7) is 2.11. The highest BCUT2D eigenvalue weighted by molar-refractivity contribution is 6.09. The predicted molar refractivity (Wildman–Crippen MR) is 118 cm³/mol. The molecule has 0 aliphatic heterocycles. The summed E-state index contributed by atoms with van der Waals surface area (Å²) in [4.78, 5) is 24.0. The van der Waals surface area contributed by atoms with E-state index < -0.39 is 0 Å². The molecule has 0 fully saturated rings. The van der Waals surface area contributed by atoms with Gasteiger partial charge in [-0.2, -0.15) is 0 Å². The molecule has 1 amide bonds. The van der Waals surface area contributed by atoms with Crippen molar-refractivity contribution in [1.29, 1.82) is 0 Å². The Morgan fingerprint density at radius 1 is 1.03 bits per heavy atom. The lowest BCUT2D eigenvalue weighted by Gasteiger charge is -2.06. The van der Waals surface area contributed by atoms with Crippen molar-refractivity contribution in [2.75, 3.05) is 11.9 Å². The van der Waals surface area contributed by atoms with Crippen LogP contribution >= 0.6 is 0 Å². The molecule has 0 spiro atoms. The molecule has 30 heavy (non-hydrogen) atoms. The van der Waals surface area contributed by atoms with E-state index in [4.69, 9.17) is 9.15 Å². The minimum Gasteiger partial charge on any atom is -0.464 e. The number of nitrogens with one attached hydrogen (secondary N) is 1. The van der Waals surface area contributed by atoms with Crippen LogP contribution in [-0.4, -0.2) is 18.5 Å². The average molecular weight is 399 g/mol. The quantitative estimate of drug-likeness (QED) is 0.351. The maximum atomic E-state index is 12.6. The third kappa shape index (κ3) is 4.25. The summed E-state index contributed by atoms with van der Waals surface area (Å²) in [5.74, 6) is -0.504. The molecule has 1 heterocycles. The smallest absolute Gasteiger partial charge is 0.330 e. The van der Waals surface area contributed by atoms with Crippen LogP contribution < -0.4 is 5.32 Å². The number of amides is 1. The topological polar surface area (TPSA) is 68.5 Å². The van der Waals surface area contributed by atoms with Crippen molar-refractivity contribution >= 4 is 45.4 Å². The fourth-order valence-corrected chi connectivity index (χ4v) is 3.41. The molecular formula is C25H21NO4. The first-order valence-electron chi connectivity index (χ1n) is 9.76. The van der Waals surface area contributed by atoms with E-state index in [1.54, 1.807) is 31.4 Å². The average Bonchev–Trinajstić information content (AvgIpc) is 3.16. The normalized spacial score (nSPS) is 11.2. The van der Waals surface area contributed by atoms with Crippen molar-refractivity contribution in [1.82, 2.24) is 0 Å². The number of rotatable bonds is 6. The Morgan fingerprint density at radius 3 is 2.63 bits per heavy atom. The van der Waals surface area contributed by atoms with Crippen molar-refractivity contribution < 1.29 is 18.7 Å². The van der Waals surface area contributed by atoms with Gasteiger partial charge in [0.05, 0.1) is 19.3 Å². The number of hydrogen-bond donors (Lipinski definition) is 1. The zero-order valence-corrected chi connectivity index (χ0v) is 16.6. The van der Waals surface area contributed by atoms with Gasteiger partial charge in [-0.25, -0.2) is 4.79 Å². The van der Waals surface area contributed by atoms with Gasteiger partial charge >= 0.3 is 5.97 Å². The van der Waals surface area contributed by atoms with Crippen molar-refractivity contribution in [2.45, 2.75) is 13.3 Å². The fraction of sp³-hybridized carbons (Fsp3) is 0.120. The van der Waals surface area contributed by atoms with Crippen LogP contribution in [0.2, 0.25) is 0 Å². The van der Waals surface area contributed by atoms with Crippen LogP contribution in [0.4, 0.5) is 5.69 Å². The molecule has 3 aromatic carbocycles. The first-order chi connectivity index (χ1) is 14.6. The van der Waals surface area contributed by atoms with Gasteiger partial charge in [-0.05, 0) is 47.5 Å². The third-order valence-electron chi connectivity index (χ3n) is 4.78. The number of furan rings is 1. The van der Waals surface area contributed by atoms with Crippen LogP contribution in [0.1, 0.15) is 18.1 Å². The van der Waals surface area contributed by atoms with Crippen LogP contribution in [0.15, 0.2) is 77.4 Å². The number of benzene rings is 3. The number of carbonyl (C=O) groups excluding carboxylic acids is 2. The third-order valence-corrected chi connectivity index (χ3v) is 4.78. The van der Waals surface area contributed by atoms with Crippen LogP contribution in [0.25, 0.3) is 27.8 Å². The SMILES string of the molecule is CCOC(=O)/C=C/c1ccc(NC(=O)Cc2coc3ccc4ccccc4c23)cc1. The second kappa shape index (κ2) is 8.66. The standard InChI is InChI=1S/C25H21NO4/c1-2-29-24(28)14-9-17-7-11-20(12-8-17)26-23(27)15-19-16-30-22-13-10-18-5-3-4-6-21(18)25(19)22/h3-14,16H,2,15H2,1H3,(H,26,27)/b14-9+. The number of fused-ring (bicyclic) bond motifs is 3. The highest BCUT2D eigenvalue weighted by atomic mass is 16.5. The summed E-state index contributed by atoms with van der Waals surface area (Å²) >= 11 is 0. The Labute approximate surface area is 173 Å². The number of ether oxygens (including phenoxy) is 1. The summed E-state index contributed by atoms with van der Waals surface area (Å²) < 4.78 is 10.5. The van der Waals surface area contributed by atoms with Crippen molar-refractivity contribution in [3.8, 4) is 0 Å². The Balaban J connectivity index is 1.46. The van der Waals surface area contributed by atoms with E-state index in [1.165, 1.54) is 6.08 Å². The monoisotopic (exact) mass is 399 g/mol. The van der Waals surface area contributed by atoms with Gasteiger partial charge < -0.3 is 14.5 Å². The maximum absolute atomic E-state index is 12.6. The first-order valence-corrected chi connectivity index (χ1v) is 9.76. The number of carbonyl (C=O) groups is 2. The Bertz CT molecular complexity index is 1240. The van der Waals surface area contributed by atoms with Gasteiger partial charge in [0.15, 0.2) is 0 Å². The van der Waals surface area contributed by atoms with Crippen molar-refractivity contribution in [3.63, 3.8) is 0 Å². The maximum Gasteiger partial charge on any atom is 0.330 e. The number of hydrogen-bond acceptors (Lipinski definition) is 4. The molecule has 1 aromatic heterocycles. The van der Waals surface area contributed by atoms with E-state index >= 15 is 0 Å². The predicted octanol–water partition coefficient (Wildman–Crippen LogP) is 5.34. The van der Waals surface area contributed by atoms with Crippen LogP contribution in [0.5, 0.6) is 0 Å². The van der Waals surface area contributed by atoms with E-state index in [-0.39, 0.29) is 18.3 Å². The van der Waals surface area contributed by atoms with E-state index in [0.717, 1.165) is 32.9 Å². The van der Waals surface area contributed by atoms with E-state index in [0.29, 0.717) is 12.3 Å². The van der Waals surface area contributed by atoms with Gasteiger partial charge in [-0.15, -0.1) is 0 Å². The molecule has 0 aliphatic carbocycles. The Kier molecular flexibility index (Phi) is 5.61. The van der Waals surface area contributed by atoms with Gasteiger partial charge in [0.1, 0.15) is 5.58 Å². The molecule has 1 N–H and O–H groups in total.